The van der Waals surface area contributed by atoms with Crippen LogP contribution in [0.5, 0.6) is 0 Å². The molecule has 0 aliphatic carbocycles. The summed E-state index contributed by atoms with van der Waals surface area (Å²) in [5.74, 6) is 0. The van der Waals surface area contributed by atoms with Gasteiger partial charge in [0.15, 0.2) is 0 Å². The van der Waals surface area contributed by atoms with Crippen LogP contribution in [0.3, 0.4) is 0 Å². The first kappa shape index (κ1) is 9.39. The first-order valence-corrected chi connectivity index (χ1v) is 4.72. The Hall–Kier alpha value is 0.300. The minimum absolute atomic E-state index is 0.0434. The molecule has 0 aromatic heterocycles. The van der Waals surface area contributed by atoms with Crippen LogP contribution in [-0.4, -0.2) is 25.0 Å². The molecule has 1 unspecified atom stereocenters. The molecule has 1 heterocycles. The summed E-state index contributed by atoms with van der Waals surface area (Å²) >= 11 is 3.25. The van der Waals surface area contributed by atoms with E-state index in [9.17, 15) is 8.78 Å². The molecule has 0 saturated carbocycles. The summed E-state index contributed by atoms with van der Waals surface area (Å²) in [6.45, 7) is 1.10. The van der Waals surface area contributed by atoms with E-state index in [-0.39, 0.29) is 11.8 Å². The van der Waals surface area contributed by atoms with Crippen LogP contribution < -0.4 is 0 Å². The zero-order chi connectivity index (χ0) is 8.32. The van der Waals surface area contributed by atoms with Crippen LogP contribution in [0, 0.1) is 5.41 Å². The summed E-state index contributed by atoms with van der Waals surface area (Å²) < 4.78 is 29.2. The van der Waals surface area contributed by atoms with Gasteiger partial charge in [-0.25, -0.2) is 8.78 Å². The molecule has 11 heavy (non-hydrogen) atoms. The predicted octanol–water partition coefficient (Wildman–Crippen LogP) is 2.44. The molecule has 1 nitrogen and oxygen atoms in total. The SMILES string of the molecule is FC(F)CC1(CBr)CCOC1. The highest BCUT2D eigenvalue weighted by Gasteiger charge is 2.36. The van der Waals surface area contributed by atoms with Crippen LogP contribution in [0.25, 0.3) is 0 Å². The van der Waals surface area contributed by atoms with Gasteiger partial charge in [-0.2, -0.15) is 0 Å². The molecule has 0 amide bonds. The Morgan fingerprint density at radius 1 is 1.55 bits per heavy atom. The van der Waals surface area contributed by atoms with Gasteiger partial charge >= 0.3 is 0 Å². The summed E-state index contributed by atoms with van der Waals surface area (Å²) in [5, 5.41) is 0.615. The summed E-state index contributed by atoms with van der Waals surface area (Å²) in [6, 6.07) is 0. The second-order valence-corrected chi connectivity index (χ2v) is 3.59. The molecular weight excluding hydrogens is 218 g/mol. The predicted molar refractivity (Wildman–Crippen MR) is 42.3 cm³/mol. The van der Waals surface area contributed by atoms with Crippen molar-refractivity contribution in [3.63, 3.8) is 0 Å². The van der Waals surface area contributed by atoms with Crippen molar-refractivity contribution in [1.82, 2.24) is 0 Å². The van der Waals surface area contributed by atoms with Gasteiger partial charge in [0.2, 0.25) is 6.43 Å². The van der Waals surface area contributed by atoms with Crippen molar-refractivity contribution in [3.8, 4) is 0 Å². The van der Waals surface area contributed by atoms with Gasteiger partial charge in [0, 0.05) is 23.8 Å². The Bertz CT molecular complexity index is 124. The topological polar surface area (TPSA) is 9.23 Å². The highest BCUT2D eigenvalue weighted by atomic mass is 79.9. The average Bonchev–Trinajstić information content (AvgIpc) is 2.36. The van der Waals surface area contributed by atoms with Gasteiger partial charge in [-0.05, 0) is 6.42 Å². The number of ether oxygens (including phenoxy) is 1. The van der Waals surface area contributed by atoms with E-state index in [1.54, 1.807) is 0 Å². The van der Waals surface area contributed by atoms with Crippen LogP contribution in [0.2, 0.25) is 0 Å². The molecule has 0 N–H and O–H groups in total. The van der Waals surface area contributed by atoms with E-state index in [1.807, 2.05) is 0 Å². The van der Waals surface area contributed by atoms with Crippen molar-refractivity contribution < 1.29 is 13.5 Å². The molecule has 1 aliphatic heterocycles. The summed E-state index contributed by atoms with van der Waals surface area (Å²) in [5.41, 5.74) is -0.297. The van der Waals surface area contributed by atoms with E-state index in [2.05, 4.69) is 15.9 Å². The minimum atomic E-state index is -2.21. The largest absolute Gasteiger partial charge is 0.381 e. The molecule has 4 heteroatoms. The third-order valence-electron chi connectivity index (χ3n) is 2.06. The standard InChI is InChI=1S/C7H11BrF2O/c8-4-7(3-6(9)10)1-2-11-5-7/h6H,1-5H2. The van der Waals surface area contributed by atoms with Crippen LogP contribution in [0.1, 0.15) is 12.8 Å². The van der Waals surface area contributed by atoms with Crippen molar-refractivity contribution in [2.45, 2.75) is 19.3 Å². The second kappa shape index (κ2) is 3.81. The van der Waals surface area contributed by atoms with Crippen molar-refractivity contribution in [2.24, 2.45) is 5.41 Å². The summed E-state index contributed by atoms with van der Waals surface area (Å²) in [6.07, 6.45) is -1.50. The van der Waals surface area contributed by atoms with E-state index in [0.29, 0.717) is 18.5 Å². The lowest BCUT2D eigenvalue weighted by Crippen LogP contribution is -2.25. The molecule has 0 aromatic carbocycles. The number of hydrogen-bond acceptors (Lipinski definition) is 1. The van der Waals surface area contributed by atoms with Crippen molar-refractivity contribution >= 4 is 15.9 Å². The highest BCUT2D eigenvalue weighted by molar-refractivity contribution is 9.09. The van der Waals surface area contributed by atoms with Gasteiger partial charge in [-0.15, -0.1) is 0 Å². The molecule has 1 saturated heterocycles. The first-order valence-electron chi connectivity index (χ1n) is 3.60. The fourth-order valence-electron chi connectivity index (χ4n) is 1.30. The molecule has 1 rings (SSSR count). The average molecular weight is 229 g/mol. The number of halogens is 3. The number of alkyl halides is 3. The van der Waals surface area contributed by atoms with Gasteiger partial charge in [-0.3, -0.25) is 0 Å². The Morgan fingerprint density at radius 2 is 2.27 bits per heavy atom. The molecule has 1 aliphatic rings. The quantitative estimate of drug-likeness (QED) is 0.675. The van der Waals surface area contributed by atoms with E-state index in [4.69, 9.17) is 4.74 Å². The Balaban J connectivity index is 2.45. The van der Waals surface area contributed by atoms with Crippen molar-refractivity contribution in [1.29, 1.82) is 0 Å². The lowest BCUT2D eigenvalue weighted by Gasteiger charge is -2.23. The van der Waals surface area contributed by atoms with Crippen LogP contribution in [0.15, 0.2) is 0 Å². The molecule has 1 atom stereocenters. The molecule has 0 spiro atoms. The highest BCUT2D eigenvalue weighted by Crippen LogP contribution is 2.36. The first-order chi connectivity index (χ1) is 5.18. The van der Waals surface area contributed by atoms with Gasteiger partial charge in [-0.1, -0.05) is 15.9 Å². The maximum Gasteiger partial charge on any atom is 0.239 e. The maximum absolute atomic E-state index is 12.0. The minimum Gasteiger partial charge on any atom is -0.381 e. The smallest absolute Gasteiger partial charge is 0.239 e. The van der Waals surface area contributed by atoms with Crippen molar-refractivity contribution in [2.75, 3.05) is 18.5 Å². The van der Waals surface area contributed by atoms with Crippen molar-refractivity contribution in [3.05, 3.63) is 0 Å². The monoisotopic (exact) mass is 228 g/mol. The van der Waals surface area contributed by atoms with E-state index >= 15 is 0 Å². The Kier molecular flexibility index (Phi) is 3.25. The molecule has 0 aromatic rings. The van der Waals surface area contributed by atoms with Gasteiger partial charge in [0.1, 0.15) is 0 Å². The summed E-state index contributed by atoms with van der Waals surface area (Å²) in [4.78, 5) is 0. The lowest BCUT2D eigenvalue weighted by atomic mass is 9.86. The van der Waals surface area contributed by atoms with Gasteiger partial charge in [0.25, 0.3) is 0 Å². The Labute approximate surface area is 73.2 Å². The normalized spacial score (nSPS) is 31.6. The second-order valence-electron chi connectivity index (χ2n) is 3.03. The molecule has 0 bridgehead atoms. The summed E-state index contributed by atoms with van der Waals surface area (Å²) in [7, 11) is 0. The van der Waals surface area contributed by atoms with Gasteiger partial charge in [0.05, 0.1) is 6.61 Å². The lowest BCUT2D eigenvalue weighted by molar-refractivity contribution is 0.0712. The number of rotatable bonds is 3. The van der Waals surface area contributed by atoms with E-state index in [0.717, 1.165) is 6.42 Å². The van der Waals surface area contributed by atoms with E-state index < -0.39 is 6.43 Å². The van der Waals surface area contributed by atoms with E-state index in [1.165, 1.54) is 0 Å². The fourth-order valence-corrected chi connectivity index (χ4v) is 1.97. The molecule has 0 radical (unpaired) electrons. The van der Waals surface area contributed by atoms with Gasteiger partial charge < -0.3 is 4.74 Å². The third-order valence-corrected chi connectivity index (χ3v) is 3.25. The zero-order valence-corrected chi connectivity index (χ0v) is 7.74. The molecular formula is C7H11BrF2O. The number of hydrogen-bond donors (Lipinski definition) is 0. The van der Waals surface area contributed by atoms with Crippen LogP contribution in [-0.2, 0) is 4.74 Å². The molecule has 1 fully saturated rings. The van der Waals surface area contributed by atoms with Crippen LogP contribution >= 0.6 is 15.9 Å². The Morgan fingerprint density at radius 3 is 2.64 bits per heavy atom. The maximum atomic E-state index is 12.0. The zero-order valence-electron chi connectivity index (χ0n) is 6.16. The van der Waals surface area contributed by atoms with Crippen LogP contribution in [0.4, 0.5) is 8.78 Å². The molecule has 66 valence electrons. The third kappa shape index (κ3) is 2.37. The fraction of sp³-hybridized carbons (Fsp3) is 1.00.